The Morgan fingerprint density at radius 1 is 0.500 bits per heavy atom. The summed E-state index contributed by atoms with van der Waals surface area (Å²) in [5, 5.41) is 20.3. The number of para-hydroxylation sites is 3. The largest absolute Gasteiger partial charge is 0.308 e. The lowest BCUT2D eigenvalue weighted by Crippen LogP contribution is -2.03. The van der Waals surface area contributed by atoms with Gasteiger partial charge >= 0.3 is 0 Å². The Bertz CT molecular complexity index is 3190. The molecular weight excluding hydrogens is 587 g/mol. The maximum Gasteiger partial charge on any atom is 0.235 e. The normalized spacial score (nSPS) is 12.1. The summed E-state index contributed by atoms with van der Waals surface area (Å²) in [5.74, 6) is 0.602. The van der Waals surface area contributed by atoms with Gasteiger partial charge in [-0.05, 0) is 59.3 Å². The Hall–Kier alpha value is -6.77. The Labute approximate surface area is 273 Å². The molecule has 0 amide bonds. The first-order chi connectivity index (χ1) is 23.8. The van der Waals surface area contributed by atoms with Gasteiger partial charge in [0.15, 0.2) is 0 Å². The fourth-order valence-electron chi connectivity index (χ4n) is 8.02. The average Bonchev–Trinajstić information content (AvgIpc) is 3.77. The van der Waals surface area contributed by atoms with Crippen molar-refractivity contribution >= 4 is 81.6 Å². The van der Waals surface area contributed by atoms with E-state index in [0.717, 1.165) is 38.6 Å². The van der Waals surface area contributed by atoms with Crippen LogP contribution < -0.4 is 0 Å². The number of benzene rings is 7. The number of hydrogen-bond acceptors (Lipinski definition) is 3. The molecule has 48 heavy (non-hydrogen) atoms. The zero-order valence-corrected chi connectivity index (χ0v) is 25.5. The molecule has 11 rings (SSSR count). The molecule has 0 saturated heterocycles. The number of nitrogens with zero attached hydrogens (tertiary/aromatic N) is 5. The van der Waals surface area contributed by atoms with Gasteiger partial charge in [0, 0.05) is 43.3 Å². The third-order valence-corrected chi connectivity index (χ3v) is 10.0. The highest BCUT2D eigenvalue weighted by atomic mass is 15.2. The molecule has 220 valence electrons. The van der Waals surface area contributed by atoms with E-state index in [2.05, 4.69) is 112 Å². The van der Waals surface area contributed by atoms with E-state index in [0.29, 0.717) is 11.5 Å². The second kappa shape index (κ2) is 9.16. The molecule has 0 N–H and O–H groups in total. The maximum absolute atomic E-state index is 9.72. The van der Waals surface area contributed by atoms with Crippen molar-refractivity contribution in [1.29, 1.82) is 5.26 Å². The van der Waals surface area contributed by atoms with Crippen molar-refractivity contribution in [2.24, 2.45) is 0 Å². The van der Waals surface area contributed by atoms with E-state index >= 15 is 0 Å². The van der Waals surface area contributed by atoms with Crippen molar-refractivity contribution < 1.29 is 0 Å². The van der Waals surface area contributed by atoms with Gasteiger partial charge in [0.25, 0.3) is 0 Å². The van der Waals surface area contributed by atoms with Crippen LogP contribution in [0, 0.1) is 11.3 Å². The molecule has 4 aromatic heterocycles. The van der Waals surface area contributed by atoms with E-state index in [1.807, 2.05) is 42.5 Å². The second-order valence-corrected chi connectivity index (χ2v) is 12.5. The van der Waals surface area contributed by atoms with Crippen LogP contribution in [-0.4, -0.2) is 18.9 Å². The molecule has 0 unspecified atom stereocenters. The van der Waals surface area contributed by atoms with Crippen LogP contribution in [0.15, 0.2) is 140 Å². The highest BCUT2D eigenvalue weighted by Crippen LogP contribution is 2.47. The number of nitriles is 1. The molecule has 0 radical (unpaired) electrons. The zero-order chi connectivity index (χ0) is 31.5. The molecule has 11 aromatic rings. The summed E-state index contributed by atoms with van der Waals surface area (Å²) in [6.07, 6.45) is 0. The second-order valence-electron chi connectivity index (χ2n) is 12.5. The quantitative estimate of drug-likeness (QED) is 0.196. The van der Waals surface area contributed by atoms with Crippen LogP contribution in [-0.2, 0) is 0 Å². The van der Waals surface area contributed by atoms with E-state index < -0.39 is 0 Å². The van der Waals surface area contributed by atoms with Gasteiger partial charge in [-0.3, -0.25) is 4.57 Å². The van der Waals surface area contributed by atoms with Gasteiger partial charge in [0.2, 0.25) is 5.95 Å². The van der Waals surface area contributed by atoms with Crippen molar-refractivity contribution in [1.82, 2.24) is 18.9 Å². The molecule has 0 spiro atoms. The fourth-order valence-corrected chi connectivity index (χ4v) is 8.02. The molecule has 5 heteroatoms. The van der Waals surface area contributed by atoms with Crippen molar-refractivity contribution in [3.05, 3.63) is 145 Å². The van der Waals surface area contributed by atoms with Crippen molar-refractivity contribution in [3.63, 3.8) is 0 Å². The minimum atomic E-state index is 0.598. The van der Waals surface area contributed by atoms with E-state index in [4.69, 9.17) is 9.97 Å². The zero-order valence-electron chi connectivity index (χ0n) is 25.5. The van der Waals surface area contributed by atoms with Gasteiger partial charge in [-0.2, -0.15) is 5.26 Å². The summed E-state index contributed by atoms with van der Waals surface area (Å²) < 4.78 is 4.71. The third-order valence-electron chi connectivity index (χ3n) is 10.0. The maximum atomic E-state index is 9.72. The van der Waals surface area contributed by atoms with Crippen LogP contribution in [0.4, 0.5) is 0 Å². The van der Waals surface area contributed by atoms with Gasteiger partial charge in [-0.15, -0.1) is 0 Å². The summed E-state index contributed by atoms with van der Waals surface area (Å²) in [6, 6.07) is 51.1. The van der Waals surface area contributed by atoms with Crippen LogP contribution in [0.5, 0.6) is 0 Å². The average molecular weight is 610 g/mol. The van der Waals surface area contributed by atoms with Crippen LogP contribution >= 0.6 is 0 Å². The predicted molar refractivity (Wildman–Crippen MR) is 196 cm³/mol. The van der Waals surface area contributed by atoms with E-state index in [-0.39, 0.29) is 0 Å². The molecule has 0 bridgehead atoms. The van der Waals surface area contributed by atoms with E-state index in [1.165, 1.54) is 54.3 Å². The third kappa shape index (κ3) is 3.23. The summed E-state index contributed by atoms with van der Waals surface area (Å²) in [7, 11) is 0. The molecular formula is C43H23N5. The van der Waals surface area contributed by atoms with Gasteiger partial charge < -0.3 is 4.40 Å². The van der Waals surface area contributed by atoms with Crippen molar-refractivity contribution in [3.8, 4) is 23.3 Å². The molecule has 5 nitrogen and oxygen atoms in total. The minimum Gasteiger partial charge on any atom is -0.308 e. The van der Waals surface area contributed by atoms with Crippen LogP contribution in [0.25, 0.3) is 98.8 Å². The lowest BCUT2D eigenvalue weighted by Gasteiger charge is -2.12. The van der Waals surface area contributed by atoms with Gasteiger partial charge in [-0.25, -0.2) is 9.97 Å². The smallest absolute Gasteiger partial charge is 0.235 e. The number of hydrogen-bond donors (Lipinski definition) is 0. The lowest BCUT2D eigenvalue weighted by atomic mass is 10.0. The lowest BCUT2D eigenvalue weighted by molar-refractivity contribution is 1.02. The number of aromatic nitrogens is 4. The van der Waals surface area contributed by atoms with Crippen molar-refractivity contribution in [2.45, 2.75) is 0 Å². The molecule has 0 aliphatic carbocycles. The molecule has 4 heterocycles. The SMILES string of the molecule is N#Cc1cccc(-c2nc(-n3c4ccccc4c4cc5c6ccccc6n6c7cc8ccccc8cc7c(c43)c56)nc3ccccc23)c1. The van der Waals surface area contributed by atoms with Gasteiger partial charge in [-0.1, -0.05) is 91.0 Å². The molecule has 0 aliphatic heterocycles. The van der Waals surface area contributed by atoms with Gasteiger partial charge in [0.1, 0.15) is 0 Å². The van der Waals surface area contributed by atoms with Crippen LogP contribution in [0.2, 0.25) is 0 Å². The van der Waals surface area contributed by atoms with Gasteiger partial charge in [0.05, 0.1) is 50.4 Å². The Morgan fingerprint density at radius 3 is 2.02 bits per heavy atom. The Balaban J connectivity index is 1.38. The number of fused-ring (bicyclic) bond motifs is 12. The van der Waals surface area contributed by atoms with E-state index in [9.17, 15) is 5.26 Å². The topological polar surface area (TPSA) is 58.9 Å². The highest BCUT2D eigenvalue weighted by Gasteiger charge is 2.25. The summed E-state index contributed by atoms with van der Waals surface area (Å²) >= 11 is 0. The van der Waals surface area contributed by atoms with Crippen LogP contribution in [0.1, 0.15) is 5.56 Å². The summed E-state index contributed by atoms with van der Waals surface area (Å²) in [6.45, 7) is 0. The van der Waals surface area contributed by atoms with Crippen molar-refractivity contribution in [2.75, 3.05) is 0 Å². The summed E-state index contributed by atoms with van der Waals surface area (Å²) in [4.78, 5) is 10.6. The molecule has 0 saturated carbocycles. The monoisotopic (exact) mass is 609 g/mol. The molecule has 0 aliphatic rings. The first kappa shape index (κ1) is 25.4. The molecule has 0 atom stereocenters. The Morgan fingerprint density at radius 2 is 1.19 bits per heavy atom. The fraction of sp³-hybridized carbons (Fsp3) is 0. The standard InChI is InChI=1S/C43H23N5/c44-24-25-10-9-13-28(20-25)40-31-16-3-6-17-35(31)45-43(46-40)48-37-19-8-5-15-30(37)33-23-32-29-14-4-7-18-36(29)47-38-22-27-12-2-1-11-26(27)21-34(38)39(41(32)47)42(33)48/h1-23H. The molecule has 0 fully saturated rings. The minimum absolute atomic E-state index is 0.598. The molecule has 7 aromatic carbocycles. The number of rotatable bonds is 2. The summed E-state index contributed by atoms with van der Waals surface area (Å²) in [5.41, 5.74) is 8.88. The Kier molecular flexibility index (Phi) is 4.85. The first-order valence-electron chi connectivity index (χ1n) is 16.1. The van der Waals surface area contributed by atoms with E-state index in [1.54, 1.807) is 0 Å². The predicted octanol–water partition coefficient (Wildman–Crippen LogP) is 10.6. The highest BCUT2D eigenvalue weighted by molar-refractivity contribution is 6.34. The first-order valence-corrected chi connectivity index (χ1v) is 16.1. The van der Waals surface area contributed by atoms with Crippen LogP contribution in [0.3, 0.4) is 0 Å².